The zero-order valence-electron chi connectivity index (χ0n) is 16.7. The second-order valence-corrected chi connectivity index (χ2v) is 7.03. The van der Waals surface area contributed by atoms with Crippen LogP contribution in [0.15, 0.2) is 78.9 Å². The summed E-state index contributed by atoms with van der Waals surface area (Å²) in [5.41, 5.74) is 2.50. The summed E-state index contributed by atoms with van der Waals surface area (Å²) in [6, 6.07) is 23.6. The summed E-state index contributed by atoms with van der Waals surface area (Å²) in [5.74, 6) is 0.366. The number of aromatic amines is 1. The fraction of sp³-hybridized carbons (Fsp3) is 0.120. The number of ketones is 1. The van der Waals surface area contributed by atoms with Crippen molar-refractivity contribution >= 4 is 22.7 Å². The van der Waals surface area contributed by atoms with Gasteiger partial charge >= 0.3 is 5.97 Å². The highest BCUT2D eigenvalue weighted by Crippen LogP contribution is 2.25. The fourth-order valence-corrected chi connectivity index (χ4v) is 3.39. The molecule has 1 aromatic heterocycles. The Hall–Kier alpha value is -3.86. The second kappa shape index (κ2) is 8.25. The third-order valence-electron chi connectivity index (χ3n) is 4.84. The molecule has 0 aliphatic heterocycles. The van der Waals surface area contributed by atoms with Crippen molar-refractivity contribution in [3.8, 4) is 11.5 Å². The van der Waals surface area contributed by atoms with Crippen molar-refractivity contribution in [1.82, 2.24) is 4.98 Å². The Labute approximate surface area is 174 Å². The Balaban J connectivity index is 1.50. The van der Waals surface area contributed by atoms with Crippen LogP contribution in [0, 0.1) is 6.92 Å². The maximum absolute atomic E-state index is 13.0. The molecule has 0 aliphatic rings. The first-order chi connectivity index (χ1) is 14.5. The molecule has 5 nitrogen and oxygen atoms in total. The number of carbonyl (C=O) groups excluding carboxylic acids is 2. The van der Waals surface area contributed by atoms with E-state index >= 15 is 0 Å². The zero-order chi connectivity index (χ0) is 21.1. The molecule has 1 heterocycles. The van der Waals surface area contributed by atoms with Crippen LogP contribution in [0.4, 0.5) is 0 Å². The number of hydrogen-bond acceptors (Lipinski definition) is 4. The normalized spacial score (nSPS) is 11.8. The minimum atomic E-state index is -0.922. The molecule has 0 fully saturated rings. The lowest BCUT2D eigenvalue weighted by atomic mass is 10.0. The molecule has 4 aromatic rings. The van der Waals surface area contributed by atoms with Crippen LogP contribution in [0.5, 0.6) is 11.5 Å². The van der Waals surface area contributed by atoms with Crippen LogP contribution in [0.1, 0.15) is 33.3 Å². The molecule has 1 atom stereocenters. The van der Waals surface area contributed by atoms with E-state index in [0.717, 1.165) is 16.6 Å². The molecule has 0 saturated carbocycles. The number of fused-ring (bicyclic) bond motifs is 1. The molecular weight excluding hydrogens is 378 g/mol. The minimum absolute atomic E-state index is 0.241. The number of aryl methyl sites for hydroxylation is 1. The maximum Gasteiger partial charge on any atom is 0.338 e. The van der Waals surface area contributed by atoms with Gasteiger partial charge in [-0.15, -0.1) is 0 Å². The van der Waals surface area contributed by atoms with Gasteiger partial charge < -0.3 is 14.5 Å². The smallest absolute Gasteiger partial charge is 0.338 e. The zero-order valence-corrected chi connectivity index (χ0v) is 16.7. The van der Waals surface area contributed by atoms with Gasteiger partial charge in [0.05, 0.1) is 5.56 Å². The lowest BCUT2D eigenvalue weighted by molar-refractivity contribution is 0.0319. The first kappa shape index (κ1) is 19.5. The number of benzene rings is 3. The fourth-order valence-electron chi connectivity index (χ4n) is 3.39. The molecule has 0 bridgehead atoms. The number of aromatic nitrogens is 1. The van der Waals surface area contributed by atoms with Crippen LogP contribution in [0.25, 0.3) is 10.9 Å². The molecule has 0 unspecified atom stereocenters. The molecule has 4 rings (SSSR count). The van der Waals surface area contributed by atoms with Crippen LogP contribution in [0.2, 0.25) is 0 Å². The maximum atomic E-state index is 13.0. The quantitative estimate of drug-likeness (QED) is 0.334. The lowest BCUT2D eigenvalue weighted by Crippen LogP contribution is -2.24. The van der Waals surface area contributed by atoms with E-state index in [1.54, 1.807) is 31.2 Å². The summed E-state index contributed by atoms with van der Waals surface area (Å²) in [6.07, 6.45) is -0.922. The van der Waals surface area contributed by atoms with E-state index in [2.05, 4.69) is 4.98 Å². The van der Waals surface area contributed by atoms with Crippen molar-refractivity contribution in [2.45, 2.75) is 20.0 Å². The highest BCUT2D eigenvalue weighted by Gasteiger charge is 2.25. The van der Waals surface area contributed by atoms with Gasteiger partial charge in [0.1, 0.15) is 11.5 Å². The summed E-state index contributed by atoms with van der Waals surface area (Å²) in [7, 11) is 0. The Morgan fingerprint density at radius 3 is 2.37 bits per heavy atom. The Kier molecular flexibility index (Phi) is 5.35. The van der Waals surface area contributed by atoms with Crippen LogP contribution in [0.3, 0.4) is 0 Å². The average molecular weight is 399 g/mol. The summed E-state index contributed by atoms with van der Waals surface area (Å²) >= 11 is 0. The molecule has 0 saturated heterocycles. The largest absolute Gasteiger partial charge is 0.457 e. The molecule has 0 spiro atoms. The van der Waals surface area contributed by atoms with Gasteiger partial charge in [-0.05, 0) is 50.2 Å². The van der Waals surface area contributed by atoms with E-state index in [9.17, 15) is 9.59 Å². The van der Waals surface area contributed by atoms with Gasteiger partial charge in [-0.25, -0.2) is 4.79 Å². The van der Waals surface area contributed by atoms with Crippen LogP contribution in [-0.2, 0) is 4.74 Å². The van der Waals surface area contributed by atoms with Crippen LogP contribution >= 0.6 is 0 Å². The molecule has 0 aliphatic carbocycles. The van der Waals surface area contributed by atoms with E-state index in [-0.39, 0.29) is 5.78 Å². The number of carbonyl (C=O) groups is 2. The minimum Gasteiger partial charge on any atom is -0.457 e. The third kappa shape index (κ3) is 3.96. The SMILES string of the molecule is Cc1[nH]c2ccccc2c1C(=O)[C@@H](C)OC(=O)c1cccc(Oc2ccccc2)c1. The molecule has 3 aromatic carbocycles. The molecule has 0 amide bonds. The number of hydrogen-bond donors (Lipinski definition) is 1. The number of H-pyrrole nitrogens is 1. The van der Waals surface area contributed by atoms with Crippen molar-refractivity contribution in [2.24, 2.45) is 0 Å². The highest BCUT2D eigenvalue weighted by molar-refractivity contribution is 6.11. The monoisotopic (exact) mass is 399 g/mol. The number of para-hydroxylation sites is 2. The van der Waals surface area contributed by atoms with Crippen molar-refractivity contribution in [2.75, 3.05) is 0 Å². The van der Waals surface area contributed by atoms with E-state index in [0.29, 0.717) is 22.6 Å². The Morgan fingerprint density at radius 2 is 1.57 bits per heavy atom. The summed E-state index contributed by atoms with van der Waals surface area (Å²) in [4.78, 5) is 28.8. The molecule has 30 heavy (non-hydrogen) atoms. The van der Waals surface area contributed by atoms with Gasteiger partial charge in [0.25, 0.3) is 0 Å². The molecule has 5 heteroatoms. The second-order valence-electron chi connectivity index (χ2n) is 7.03. The summed E-state index contributed by atoms with van der Waals surface area (Å²) < 4.78 is 11.2. The Morgan fingerprint density at radius 1 is 0.867 bits per heavy atom. The third-order valence-corrected chi connectivity index (χ3v) is 4.84. The first-order valence-corrected chi connectivity index (χ1v) is 9.68. The predicted octanol–water partition coefficient (Wildman–Crippen LogP) is 5.70. The number of ether oxygens (including phenoxy) is 2. The van der Waals surface area contributed by atoms with Crippen LogP contribution in [-0.4, -0.2) is 22.8 Å². The molecule has 0 radical (unpaired) electrons. The van der Waals surface area contributed by atoms with Crippen molar-refractivity contribution in [1.29, 1.82) is 0 Å². The average Bonchev–Trinajstić information content (AvgIpc) is 3.09. The van der Waals surface area contributed by atoms with Gasteiger partial charge in [-0.3, -0.25) is 4.79 Å². The van der Waals surface area contributed by atoms with E-state index < -0.39 is 12.1 Å². The van der Waals surface area contributed by atoms with E-state index in [4.69, 9.17) is 9.47 Å². The lowest BCUT2D eigenvalue weighted by Gasteiger charge is -2.13. The first-order valence-electron chi connectivity index (χ1n) is 9.68. The van der Waals surface area contributed by atoms with Gasteiger partial charge in [0.2, 0.25) is 5.78 Å². The number of esters is 1. The van der Waals surface area contributed by atoms with Gasteiger partial charge in [0, 0.05) is 22.2 Å². The van der Waals surface area contributed by atoms with Gasteiger partial charge in [-0.2, -0.15) is 0 Å². The van der Waals surface area contributed by atoms with E-state index in [1.807, 2.05) is 61.5 Å². The molecular formula is C25H21NO4. The van der Waals surface area contributed by atoms with Gasteiger partial charge in [0.15, 0.2) is 6.10 Å². The molecule has 150 valence electrons. The standard InChI is InChI=1S/C25H21NO4/c1-16-23(21-13-6-7-14-22(21)26-16)24(27)17(2)29-25(28)18-9-8-12-20(15-18)30-19-10-4-3-5-11-19/h3-15,17,26H,1-2H3/t17-/m1/s1. The van der Waals surface area contributed by atoms with Crippen molar-refractivity contribution < 1.29 is 19.1 Å². The summed E-state index contributed by atoms with van der Waals surface area (Å²) in [5, 5.41) is 0.821. The van der Waals surface area contributed by atoms with Gasteiger partial charge in [-0.1, -0.05) is 42.5 Å². The molecule has 1 N–H and O–H groups in total. The van der Waals surface area contributed by atoms with Crippen LogP contribution < -0.4 is 4.74 Å². The highest BCUT2D eigenvalue weighted by atomic mass is 16.5. The van der Waals surface area contributed by atoms with Crippen molar-refractivity contribution in [3.63, 3.8) is 0 Å². The number of nitrogens with one attached hydrogen (secondary N) is 1. The number of rotatable bonds is 6. The topological polar surface area (TPSA) is 68.4 Å². The Bertz CT molecular complexity index is 1210. The predicted molar refractivity (Wildman–Crippen MR) is 115 cm³/mol. The summed E-state index contributed by atoms with van der Waals surface area (Å²) in [6.45, 7) is 3.43. The van der Waals surface area contributed by atoms with E-state index in [1.165, 1.54) is 0 Å². The number of Topliss-reactive ketones (excluding diaryl/α,β-unsaturated/α-hetero) is 1. The van der Waals surface area contributed by atoms with Crippen molar-refractivity contribution in [3.05, 3.63) is 95.7 Å².